The minimum atomic E-state index is -3.34. The maximum atomic E-state index is 12.5. The first-order valence-electron chi connectivity index (χ1n) is 9.09. The zero-order valence-electron chi connectivity index (χ0n) is 15.2. The van der Waals surface area contributed by atoms with Crippen molar-refractivity contribution in [3.05, 3.63) is 39.5 Å². The van der Waals surface area contributed by atoms with E-state index >= 15 is 0 Å². The van der Waals surface area contributed by atoms with Gasteiger partial charge in [0.15, 0.2) is 0 Å². The molecule has 0 radical (unpaired) electrons. The first kappa shape index (κ1) is 20.7. The third-order valence-corrected chi connectivity index (χ3v) is 6.82. The monoisotopic (exact) mass is 430 g/mol. The Bertz CT molecular complexity index is 933. The van der Waals surface area contributed by atoms with Gasteiger partial charge in [0.25, 0.3) is 0 Å². The highest BCUT2D eigenvalue weighted by molar-refractivity contribution is 7.89. The number of hydrogen-bond donors (Lipinski definition) is 3. The Balaban J connectivity index is 1.41. The molecule has 11 heteroatoms. The molecule has 0 atom stereocenters. The number of nitrogens with one attached hydrogen (secondary N) is 2. The van der Waals surface area contributed by atoms with Gasteiger partial charge < -0.3 is 14.8 Å². The molecule has 0 aliphatic carbocycles. The van der Waals surface area contributed by atoms with E-state index in [1.165, 1.54) is 10.5 Å². The second-order valence-corrected chi connectivity index (χ2v) is 9.24. The molecule has 2 aromatic heterocycles. The molecule has 28 heavy (non-hydrogen) atoms. The Morgan fingerprint density at radius 3 is 2.61 bits per heavy atom. The molecule has 0 bridgehead atoms. The van der Waals surface area contributed by atoms with Crippen molar-refractivity contribution in [3.8, 4) is 11.8 Å². The van der Waals surface area contributed by atoms with Crippen LogP contribution < -0.4 is 10.4 Å². The summed E-state index contributed by atoms with van der Waals surface area (Å²) in [5, 5.41) is 10.0. The predicted molar refractivity (Wildman–Crippen MR) is 104 cm³/mol. The average Bonchev–Trinajstić information content (AvgIpc) is 2.98. The van der Waals surface area contributed by atoms with Gasteiger partial charge in [-0.3, -0.25) is 4.98 Å². The molecule has 9 nitrogen and oxygen atoms in total. The average molecular weight is 431 g/mol. The first-order chi connectivity index (χ1) is 13.3. The van der Waals surface area contributed by atoms with Crippen molar-refractivity contribution in [2.45, 2.75) is 38.2 Å². The highest BCUT2D eigenvalue weighted by Gasteiger charge is 2.28. The van der Waals surface area contributed by atoms with Crippen molar-refractivity contribution in [3.63, 3.8) is 0 Å². The lowest BCUT2D eigenvalue weighted by atomic mass is 10.1. The fourth-order valence-electron chi connectivity index (χ4n) is 3.14. The normalized spacial score (nSPS) is 16.3. The second-order valence-electron chi connectivity index (χ2n) is 6.71. The van der Waals surface area contributed by atoms with E-state index < -0.39 is 15.7 Å². The van der Waals surface area contributed by atoms with E-state index in [0.717, 1.165) is 0 Å². The van der Waals surface area contributed by atoms with Crippen molar-refractivity contribution in [2.24, 2.45) is 0 Å². The number of unbranched alkanes of at least 4 members (excludes halogenated alkanes) is 1. The summed E-state index contributed by atoms with van der Waals surface area (Å²) in [4.78, 5) is 19.9. The molecular formula is C17H23ClN4O5S. The van der Waals surface area contributed by atoms with Gasteiger partial charge in [0, 0.05) is 25.4 Å². The third kappa shape index (κ3) is 5.49. The number of sulfonamides is 1. The maximum absolute atomic E-state index is 12.5. The van der Waals surface area contributed by atoms with Gasteiger partial charge in [-0.1, -0.05) is 11.6 Å². The van der Waals surface area contributed by atoms with E-state index in [-0.39, 0.29) is 17.7 Å². The van der Waals surface area contributed by atoms with Crippen LogP contribution in [0, 0.1) is 0 Å². The molecule has 1 aliphatic heterocycles. The Hall–Kier alpha value is -2.04. The lowest BCUT2D eigenvalue weighted by Gasteiger charge is -2.31. The molecule has 3 rings (SSSR count). The minimum Gasteiger partial charge on any atom is -0.493 e. The SMILES string of the molecule is O=c1[nH]c(O)c(CCCCS(=O)(=O)N2CCC(Oc3ccc(Cl)cn3)CC2)[nH]1. The van der Waals surface area contributed by atoms with Gasteiger partial charge in [-0.05, 0) is 38.2 Å². The number of imidazole rings is 1. The summed E-state index contributed by atoms with van der Waals surface area (Å²) < 4.78 is 32.3. The molecular weight excluding hydrogens is 408 g/mol. The summed E-state index contributed by atoms with van der Waals surface area (Å²) in [5.41, 5.74) is -0.0739. The molecule has 1 saturated heterocycles. The lowest BCUT2D eigenvalue weighted by molar-refractivity contribution is 0.130. The van der Waals surface area contributed by atoms with Crippen LogP contribution in [0.5, 0.6) is 11.8 Å². The molecule has 0 spiro atoms. The molecule has 154 valence electrons. The Kier molecular flexibility index (Phi) is 6.63. The Morgan fingerprint density at radius 1 is 1.25 bits per heavy atom. The Labute approximate surface area is 167 Å². The number of halogens is 1. The number of H-pyrrole nitrogens is 2. The van der Waals surface area contributed by atoms with Gasteiger partial charge in [0.1, 0.15) is 6.10 Å². The first-order valence-corrected chi connectivity index (χ1v) is 11.1. The predicted octanol–water partition coefficient (Wildman–Crippen LogP) is 1.65. The highest BCUT2D eigenvalue weighted by atomic mass is 35.5. The largest absolute Gasteiger partial charge is 0.493 e. The zero-order chi connectivity index (χ0) is 20.1. The number of nitrogens with zero attached hydrogens (tertiary/aromatic N) is 2. The summed E-state index contributed by atoms with van der Waals surface area (Å²) in [7, 11) is -3.34. The van der Waals surface area contributed by atoms with Crippen LogP contribution in [-0.2, 0) is 16.4 Å². The van der Waals surface area contributed by atoms with Crippen LogP contribution in [0.15, 0.2) is 23.1 Å². The van der Waals surface area contributed by atoms with E-state index in [4.69, 9.17) is 16.3 Å². The fourth-order valence-corrected chi connectivity index (χ4v) is 4.84. The van der Waals surface area contributed by atoms with E-state index in [2.05, 4.69) is 15.0 Å². The summed E-state index contributed by atoms with van der Waals surface area (Å²) in [6, 6.07) is 3.40. The van der Waals surface area contributed by atoms with Gasteiger partial charge in [0.2, 0.25) is 21.8 Å². The molecule has 3 heterocycles. The van der Waals surface area contributed by atoms with Crippen LogP contribution in [0.1, 0.15) is 31.4 Å². The summed E-state index contributed by atoms with van der Waals surface area (Å²) in [6.45, 7) is 0.818. The van der Waals surface area contributed by atoms with Crippen LogP contribution >= 0.6 is 11.6 Å². The second kappa shape index (κ2) is 8.97. The number of piperidine rings is 1. The van der Waals surface area contributed by atoms with Crippen molar-refractivity contribution in [1.82, 2.24) is 19.3 Å². The van der Waals surface area contributed by atoms with Crippen LogP contribution in [0.3, 0.4) is 0 Å². The third-order valence-electron chi connectivity index (χ3n) is 4.64. The molecule has 2 aromatic rings. The summed E-state index contributed by atoms with van der Waals surface area (Å²) in [5.74, 6) is 0.328. The summed E-state index contributed by atoms with van der Waals surface area (Å²) in [6.07, 6.45) is 4.03. The molecule has 0 saturated carbocycles. The maximum Gasteiger partial charge on any atom is 0.325 e. The standard InChI is InChI=1S/C17H23ClN4O5S/c18-12-4-5-15(19-11-12)27-13-6-8-22(9-7-13)28(25,26)10-2-1-3-14-16(23)21-17(24)20-14/h4-5,11,13,23H,1-3,6-10H2,(H2,20,21,24). The molecule has 0 unspecified atom stereocenters. The van der Waals surface area contributed by atoms with Crippen molar-refractivity contribution in [2.75, 3.05) is 18.8 Å². The molecule has 1 fully saturated rings. The van der Waals surface area contributed by atoms with Crippen LogP contribution in [-0.4, -0.2) is 57.7 Å². The van der Waals surface area contributed by atoms with Gasteiger partial charge in [-0.2, -0.15) is 0 Å². The number of pyridine rings is 1. The summed E-state index contributed by atoms with van der Waals surface area (Å²) >= 11 is 5.80. The number of aromatic hydroxyl groups is 1. The van der Waals surface area contributed by atoms with E-state index in [1.807, 2.05) is 0 Å². The van der Waals surface area contributed by atoms with Crippen LogP contribution in [0.4, 0.5) is 0 Å². The number of rotatable bonds is 8. The number of aromatic amines is 2. The van der Waals surface area contributed by atoms with Crippen molar-refractivity contribution >= 4 is 21.6 Å². The molecule has 3 N–H and O–H groups in total. The van der Waals surface area contributed by atoms with Gasteiger partial charge in [-0.15, -0.1) is 0 Å². The van der Waals surface area contributed by atoms with E-state index in [0.29, 0.717) is 61.8 Å². The lowest BCUT2D eigenvalue weighted by Crippen LogP contribution is -2.42. The fraction of sp³-hybridized carbons (Fsp3) is 0.529. The van der Waals surface area contributed by atoms with Crippen molar-refractivity contribution < 1.29 is 18.3 Å². The van der Waals surface area contributed by atoms with E-state index in [9.17, 15) is 18.3 Å². The van der Waals surface area contributed by atoms with Gasteiger partial charge >= 0.3 is 5.69 Å². The van der Waals surface area contributed by atoms with E-state index in [1.54, 1.807) is 12.1 Å². The van der Waals surface area contributed by atoms with Crippen LogP contribution in [0.25, 0.3) is 0 Å². The quantitative estimate of drug-likeness (QED) is 0.546. The van der Waals surface area contributed by atoms with Crippen LogP contribution in [0.2, 0.25) is 5.02 Å². The number of hydrogen-bond acceptors (Lipinski definition) is 6. The Morgan fingerprint density at radius 2 is 2.00 bits per heavy atom. The number of ether oxygens (including phenoxy) is 1. The number of aryl methyl sites for hydroxylation is 1. The van der Waals surface area contributed by atoms with Gasteiger partial charge in [-0.25, -0.2) is 22.5 Å². The molecule has 1 aliphatic rings. The highest BCUT2D eigenvalue weighted by Crippen LogP contribution is 2.21. The van der Waals surface area contributed by atoms with Gasteiger partial charge in [0.05, 0.1) is 16.5 Å². The molecule has 0 aromatic carbocycles. The topological polar surface area (TPSA) is 128 Å². The smallest absolute Gasteiger partial charge is 0.325 e. The minimum absolute atomic E-state index is 0.0344. The number of aromatic nitrogens is 3. The zero-order valence-corrected chi connectivity index (χ0v) is 16.8. The van der Waals surface area contributed by atoms with Crippen molar-refractivity contribution in [1.29, 1.82) is 0 Å². The molecule has 0 amide bonds.